The third-order valence-corrected chi connectivity index (χ3v) is 5.11. The van der Waals surface area contributed by atoms with Crippen LogP contribution in [0.4, 0.5) is 10.1 Å². The molecule has 3 nitrogen and oxygen atoms in total. The molecular formula is C23H20FN2O+. The Morgan fingerprint density at radius 2 is 1.85 bits per heavy atom. The van der Waals surface area contributed by atoms with Crippen LogP contribution in [0.1, 0.15) is 30.9 Å². The summed E-state index contributed by atoms with van der Waals surface area (Å²) in [5.74, 6) is -0.130. The van der Waals surface area contributed by atoms with Crippen molar-refractivity contribution in [2.24, 2.45) is 7.05 Å². The van der Waals surface area contributed by atoms with E-state index < -0.39 is 0 Å². The van der Waals surface area contributed by atoms with E-state index in [-0.39, 0.29) is 11.7 Å². The Labute approximate surface area is 157 Å². The molecule has 2 heterocycles. The van der Waals surface area contributed by atoms with Gasteiger partial charge in [-0.1, -0.05) is 44.2 Å². The zero-order valence-electron chi connectivity index (χ0n) is 15.8. The molecule has 2 aromatic carbocycles. The predicted molar refractivity (Wildman–Crippen MR) is 105 cm³/mol. The Morgan fingerprint density at radius 1 is 1.11 bits per heavy atom. The van der Waals surface area contributed by atoms with Crippen molar-refractivity contribution in [3.05, 3.63) is 71.0 Å². The fourth-order valence-electron chi connectivity index (χ4n) is 3.67. The van der Waals surface area contributed by atoms with E-state index in [2.05, 4.69) is 10.9 Å². The van der Waals surface area contributed by atoms with Gasteiger partial charge in [-0.25, -0.2) is 9.24 Å². The Hall–Kier alpha value is -3.19. The van der Waals surface area contributed by atoms with Crippen LogP contribution in [0.25, 0.3) is 38.0 Å². The fraction of sp³-hybridized carbons (Fsp3) is 0.217. The third kappa shape index (κ3) is 2.59. The van der Waals surface area contributed by atoms with Crippen molar-refractivity contribution in [2.75, 3.05) is 0 Å². The second-order valence-electron chi connectivity index (χ2n) is 7.23. The van der Waals surface area contributed by atoms with Gasteiger partial charge in [0.05, 0.1) is 12.1 Å². The molecule has 27 heavy (non-hydrogen) atoms. The molecule has 0 saturated heterocycles. The number of rotatable bonds is 2. The van der Waals surface area contributed by atoms with Crippen LogP contribution in [0.3, 0.4) is 0 Å². The topological polar surface area (TPSA) is 21.4 Å². The van der Waals surface area contributed by atoms with Gasteiger partial charge in [-0.05, 0) is 18.4 Å². The van der Waals surface area contributed by atoms with Gasteiger partial charge in [-0.2, -0.15) is 4.57 Å². The molecule has 4 rings (SSSR count). The molecule has 0 aliphatic carbocycles. The minimum atomic E-state index is -0.207. The summed E-state index contributed by atoms with van der Waals surface area (Å²) in [4.78, 5) is 3.59. The first-order valence-corrected chi connectivity index (χ1v) is 8.94. The maximum Gasteiger partial charge on any atom is 0.229 e. The second kappa shape index (κ2) is 6.21. The molecule has 4 heteroatoms. The van der Waals surface area contributed by atoms with Crippen LogP contribution >= 0.6 is 0 Å². The number of hydrogen-bond donors (Lipinski definition) is 0. The molecule has 0 bridgehead atoms. The van der Waals surface area contributed by atoms with Gasteiger partial charge in [0.2, 0.25) is 17.6 Å². The van der Waals surface area contributed by atoms with Crippen LogP contribution in [-0.2, 0) is 7.05 Å². The SMILES string of the molecule is [C-]#[N+]c1cccc2c1oc1c(-c3cc(C(C)C)c(F)c[n+]3C)c(C)ccc12. The quantitative estimate of drug-likeness (QED) is 0.308. The number of fused-ring (bicyclic) bond motifs is 3. The van der Waals surface area contributed by atoms with E-state index in [1.54, 1.807) is 10.6 Å². The predicted octanol–water partition coefficient (Wildman–Crippen LogP) is 6.20. The van der Waals surface area contributed by atoms with Crippen molar-refractivity contribution in [3.8, 4) is 11.3 Å². The smallest absolute Gasteiger partial charge is 0.229 e. The number of aromatic nitrogens is 1. The summed E-state index contributed by atoms with van der Waals surface area (Å²) < 4.78 is 22.4. The number of aryl methyl sites for hydroxylation is 2. The van der Waals surface area contributed by atoms with Gasteiger partial charge in [0.15, 0.2) is 5.82 Å². The average Bonchev–Trinajstić information content (AvgIpc) is 3.00. The lowest BCUT2D eigenvalue weighted by Gasteiger charge is -2.10. The van der Waals surface area contributed by atoms with E-state index in [1.165, 1.54) is 6.20 Å². The maximum atomic E-state index is 14.4. The molecule has 0 unspecified atom stereocenters. The van der Waals surface area contributed by atoms with Crippen molar-refractivity contribution < 1.29 is 13.4 Å². The number of nitrogens with zero attached hydrogens (tertiary/aromatic N) is 2. The standard InChI is InChI=1S/C23H20FN2O/c1-13(2)17-11-20(26(5)12-18(17)24)21-14(3)9-10-16-15-7-6-8-19(25-4)22(15)27-23(16)21/h6-13H,1-3,5H3/q+1. The fourth-order valence-corrected chi connectivity index (χ4v) is 3.67. The molecule has 0 saturated carbocycles. The normalized spacial score (nSPS) is 11.4. The van der Waals surface area contributed by atoms with Crippen LogP contribution < -0.4 is 4.57 Å². The summed E-state index contributed by atoms with van der Waals surface area (Å²) in [6.45, 7) is 13.4. The molecule has 0 aliphatic rings. The largest absolute Gasteiger partial charge is 0.466 e. The molecule has 0 amide bonds. The summed E-state index contributed by atoms with van der Waals surface area (Å²) in [5.41, 5.74) is 5.39. The monoisotopic (exact) mass is 359 g/mol. The van der Waals surface area contributed by atoms with Crippen molar-refractivity contribution in [2.45, 2.75) is 26.7 Å². The summed E-state index contributed by atoms with van der Waals surface area (Å²) >= 11 is 0. The van der Waals surface area contributed by atoms with E-state index >= 15 is 0 Å². The van der Waals surface area contributed by atoms with Gasteiger partial charge >= 0.3 is 0 Å². The van der Waals surface area contributed by atoms with Crippen LogP contribution in [0.2, 0.25) is 0 Å². The number of hydrogen-bond acceptors (Lipinski definition) is 1. The van der Waals surface area contributed by atoms with Crippen LogP contribution in [-0.4, -0.2) is 0 Å². The lowest BCUT2D eigenvalue weighted by Crippen LogP contribution is -2.32. The number of furan rings is 1. The van der Waals surface area contributed by atoms with E-state index in [0.29, 0.717) is 16.8 Å². The summed E-state index contributed by atoms with van der Waals surface area (Å²) in [7, 11) is 1.84. The Kier molecular flexibility index (Phi) is 3.96. The van der Waals surface area contributed by atoms with Crippen LogP contribution in [0.5, 0.6) is 0 Å². The molecular weight excluding hydrogens is 339 g/mol. The lowest BCUT2D eigenvalue weighted by molar-refractivity contribution is -0.662. The van der Waals surface area contributed by atoms with Gasteiger partial charge in [0.25, 0.3) is 0 Å². The van der Waals surface area contributed by atoms with Gasteiger partial charge < -0.3 is 4.42 Å². The number of para-hydroxylation sites is 1. The highest BCUT2D eigenvalue weighted by Crippen LogP contribution is 2.40. The summed E-state index contributed by atoms with van der Waals surface area (Å²) in [6.07, 6.45) is 1.52. The van der Waals surface area contributed by atoms with E-state index in [4.69, 9.17) is 11.0 Å². The molecule has 0 atom stereocenters. The number of benzene rings is 2. The Morgan fingerprint density at radius 3 is 2.56 bits per heavy atom. The van der Waals surface area contributed by atoms with Crippen molar-refractivity contribution in [3.63, 3.8) is 0 Å². The molecule has 2 aromatic heterocycles. The van der Waals surface area contributed by atoms with Gasteiger partial charge in [-0.15, -0.1) is 0 Å². The molecule has 0 N–H and O–H groups in total. The first-order valence-electron chi connectivity index (χ1n) is 8.94. The molecule has 0 fully saturated rings. The first kappa shape index (κ1) is 17.2. The van der Waals surface area contributed by atoms with Gasteiger partial charge in [-0.3, -0.25) is 0 Å². The Bertz CT molecular complexity index is 1250. The minimum Gasteiger partial charge on any atom is -0.466 e. The molecule has 0 aliphatic heterocycles. The molecule has 0 radical (unpaired) electrons. The zero-order chi connectivity index (χ0) is 19.3. The van der Waals surface area contributed by atoms with Crippen molar-refractivity contribution in [1.82, 2.24) is 0 Å². The first-order chi connectivity index (χ1) is 12.9. The highest BCUT2D eigenvalue weighted by Gasteiger charge is 2.24. The van der Waals surface area contributed by atoms with Crippen LogP contribution in [0.15, 0.2) is 47.0 Å². The Balaban J connectivity index is 2.13. The van der Waals surface area contributed by atoms with E-state index in [1.807, 2.05) is 52.1 Å². The maximum absolute atomic E-state index is 14.4. The highest BCUT2D eigenvalue weighted by molar-refractivity contribution is 6.12. The summed E-state index contributed by atoms with van der Waals surface area (Å²) in [6, 6.07) is 11.6. The highest BCUT2D eigenvalue weighted by atomic mass is 19.1. The van der Waals surface area contributed by atoms with Crippen LogP contribution in [0, 0.1) is 19.3 Å². The second-order valence-corrected chi connectivity index (χ2v) is 7.23. The zero-order valence-corrected chi connectivity index (χ0v) is 15.8. The molecule has 4 aromatic rings. The van der Waals surface area contributed by atoms with Crippen molar-refractivity contribution in [1.29, 1.82) is 0 Å². The average molecular weight is 359 g/mol. The minimum absolute atomic E-state index is 0.0776. The summed E-state index contributed by atoms with van der Waals surface area (Å²) in [5, 5.41) is 1.89. The third-order valence-electron chi connectivity index (χ3n) is 5.11. The van der Waals surface area contributed by atoms with Crippen molar-refractivity contribution >= 4 is 27.6 Å². The van der Waals surface area contributed by atoms with E-state index in [0.717, 1.165) is 33.2 Å². The van der Waals surface area contributed by atoms with E-state index in [9.17, 15) is 4.39 Å². The van der Waals surface area contributed by atoms with Gasteiger partial charge in [0, 0.05) is 22.4 Å². The number of halogens is 1. The van der Waals surface area contributed by atoms with Gasteiger partial charge in [0.1, 0.15) is 18.2 Å². The number of pyridine rings is 1. The molecule has 0 spiro atoms. The lowest BCUT2D eigenvalue weighted by atomic mass is 9.97. The molecule has 134 valence electrons.